The minimum atomic E-state index is -0.381. The maximum atomic E-state index is 13.1. The van der Waals surface area contributed by atoms with Crippen molar-refractivity contribution in [1.82, 2.24) is 15.6 Å². The van der Waals surface area contributed by atoms with Crippen LogP contribution in [0.2, 0.25) is 0 Å². The van der Waals surface area contributed by atoms with E-state index in [9.17, 15) is 9.59 Å². The van der Waals surface area contributed by atoms with Gasteiger partial charge in [0.15, 0.2) is 0 Å². The molecule has 0 saturated heterocycles. The number of carbonyl (C=O) groups is 2. The number of rotatable bonds is 9. The zero-order valence-corrected chi connectivity index (χ0v) is 21.3. The van der Waals surface area contributed by atoms with Gasteiger partial charge in [0.25, 0.3) is 0 Å². The number of aryl methyl sites for hydroxylation is 1. The number of hydrogen-bond acceptors (Lipinski definition) is 3. The van der Waals surface area contributed by atoms with Crippen molar-refractivity contribution in [3.63, 3.8) is 0 Å². The molecule has 1 heterocycles. The van der Waals surface area contributed by atoms with Gasteiger partial charge in [0.05, 0.1) is 12.5 Å². The molecular formula is C30H34N4O2. The SMILES string of the molecule is CC(=O)NC(CC(=O)NCC(c1ccc(N(C)C)cc1)c1c[nH]c2ccccc12)c1ccc(C)cc1. The summed E-state index contributed by atoms with van der Waals surface area (Å²) in [6.07, 6.45) is 2.20. The molecule has 4 rings (SSSR count). The van der Waals surface area contributed by atoms with Gasteiger partial charge in [0.2, 0.25) is 11.8 Å². The summed E-state index contributed by atoms with van der Waals surface area (Å²) in [7, 11) is 4.04. The monoisotopic (exact) mass is 482 g/mol. The molecule has 3 N–H and O–H groups in total. The Bertz CT molecular complexity index is 1320. The third kappa shape index (κ3) is 5.95. The average Bonchev–Trinajstić information content (AvgIpc) is 3.28. The van der Waals surface area contributed by atoms with Gasteiger partial charge in [-0.2, -0.15) is 0 Å². The van der Waals surface area contributed by atoms with Gasteiger partial charge < -0.3 is 20.5 Å². The summed E-state index contributed by atoms with van der Waals surface area (Å²) < 4.78 is 0. The second-order valence-electron chi connectivity index (χ2n) is 9.50. The Kier molecular flexibility index (Phi) is 7.74. The number of nitrogens with one attached hydrogen (secondary N) is 3. The van der Waals surface area contributed by atoms with Crippen molar-refractivity contribution in [3.8, 4) is 0 Å². The highest BCUT2D eigenvalue weighted by atomic mass is 16.2. The summed E-state index contributed by atoms with van der Waals surface area (Å²) in [5.74, 6) is -0.296. The summed E-state index contributed by atoms with van der Waals surface area (Å²) in [5.41, 5.74) is 6.50. The highest BCUT2D eigenvalue weighted by molar-refractivity contribution is 5.84. The number of H-pyrrole nitrogens is 1. The number of aromatic amines is 1. The number of aromatic nitrogens is 1. The number of benzene rings is 3. The van der Waals surface area contributed by atoms with Crippen LogP contribution in [0, 0.1) is 6.92 Å². The molecule has 0 aliphatic carbocycles. The molecule has 6 nitrogen and oxygen atoms in total. The first kappa shape index (κ1) is 25.0. The van der Waals surface area contributed by atoms with E-state index in [2.05, 4.69) is 56.9 Å². The molecule has 0 aliphatic rings. The van der Waals surface area contributed by atoms with E-state index in [1.54, 1.807) is 0 Å². The van der Waals surface area contributed by atoms with E-state index in [4.69, 9.17) is 0 Å². The Morgan fingerprint density at radius 2 is 1.58 bits per heavy atom. The average molecular weight is 483 g/mol. The molecular weight excluding hydrogens is 448 g/mol. The molecule has 0 fully saturated rings. The van der Waals surface area contributed by atoms with Crippen LogP contribution in [0.15, 0.2) is 79.0 Å². The number of para-hydroxylation sites is 1. The van der Waals surface area contributed by atoms with Crippen molar-refractivity contribution in [2.75, 3.05) is 25.5 Å². The molecule has 2 atom stereocenters. The van der Waals surface area contributed by atoms with E-state index in [0.29, 0.717) is 6.54 Å². The van der Waals surface area contributed by atoms with Gasteiger partial charge in [-0.1, -0.05) is 60.2 Å². The minimum absolute atomic E-state index is 0.0279. The number of hydrogen-bond donors (Lipinski definition) is 3. The number of carbonyl (C=O) groups excluding carboxylic acids is 2. The lowest BCUT2D eigenvalue weighted by Crippen LogP contribution is -2.34. The third-order valence-electron chi connectivity index (χ3n) is 6.56. The Hall–Kier alpha value is -4.06. The number of anilines is 1. The molecule has 4 aromatic rings. The zero-order valence-electron chi connectivity index (χ0n) is 21.3. The van der Waals surface area contributed by atoms with E-state index < -0.39 is 0 Å². The Labute approximate surface area is 212 Å². The fourth-order valence-electron chi connectivity index (χ4n) is 4.56. The lowest BCUT2D eigenvalue weighted by atomic mass is 9.90. The molecule has 0 aliphatic heterocycles. The molecule has 2 unspecified atom stereocenters. The van der Waals surface area contributed by atoms with Crippen LogP contribution in [0.25, 0.3) is 10.9 Å². The van der Waals surface area contributed by atoms with Crippen LogP contribution in [-0.4, -0.2) is 37.4 Å². The van der Waals surface area contributed by atoms with Crippen molar-refractivity contribution >= 4 is 28.4 Å². The van der Waals surface area contributed by atoms with Crippen molar-refractivity contribution in [2.24, 2.45) is 0 Å². The maximum Gasteiger partial charge on any atom is 0.222 e. The van der Waals surface area contributed by atoms with Crippen molar-refractivity contribution in [3.05, 3.63) is 101 Å². The van der Waals surface area contributed by atoms with Crippen LogP contribution in [0.3, 0.4) is 0 Å². The van der Waals surface area contributed by atoms with Gasteiger partial charge in [0.1, 0.15) is 0 Å². The summed E-state index contributed by atoms with van der Waals surface area (Å²) in [6.45, 7) is 3.94. The summed E-state index contributed by atoms with van der Waals surface area (Å²) >= 11 is 0. The van der Waals surface area contributed by atoms with E-state index in [1.165, 1.54) is 6.92 Å². The van der Waals surface area contributed by atoms with Crippen molar-refractivity contribution < 1.29 is 9.59 Å². The van der Waals surface area contributed by atoms with Gasteiger partial charge in [-0.3, -0.25) is 9.59 Å². The van der Waals surface area contributed by atoms with E-state index in [0.717, 1.165) is 38.8 Å². The van der Waals surface area contributed by atoms with Crippen LogP contribution < -0.4 is 15.5 Å². The summed E-state index contributed by atoms with van der Waals surface area (Å²) in [6, 6.07) is 24.2. The van der Waals surface area contributed by atoms with Crippen LogP contribution >= 0.6 is 0 Å². The number of fused-ring (bicyclic) bond motifs is 1. The Balaban J connectivity index is 1.56. The quantitative estimate of drug-likeness (QED) is 0.312. The van der Waals surface area contributed by atoms with Crippen LogP contribution in [0.4, 0.5) is 5.69 Å². The van der Waals surface area contributed by atoms with Gasteiger partial charge in [-0.25, -0.2) is 0 Å². The molecule has 3 aromatic carbocycles. The molecule has 0 spiro atoms. The van der Waals surface area contributed by atoms with Gasteiger partial charge in [-0.05, 0) is 41.8 Å². The number of amides is 2. The summed E-state index contributed by atoms with van der Waals surface area (Å²) in [4.78, 5) is 30.4. The highest BCUT2D eigenvalue weighted by Gasteiger charge is 2.21. The van der Waals surface area contributed by atoms with Crippen LogP contribution in [0.1, 0.15) is 47.6 Å². The lowest BCUT2D eigenvalue weighted by Gasteiger charge is -2.22. The zero-order chi connectivity index (χ0) is 25.7. The van der Waals surface area contributed by atoms with Crippen molar-refractivity contribution in [2.45, 2.75) is 32.2 Å². The Morgan fingerprint density at radius 3 is 2.25 bits per heavy atom. The predicted octanol–water partition coefficient (Wildman–Crippen LogP) is 5.06. The molecule has 36 heavy (non-hydrogen) atoms. The molecule has 6 heteroatoms. The normalized spacial score (nSPS) is 12.7. The topological polar surface area (TPSA) is 77.2 Å². The van der Waals surface area contributed by atoms with Gasteiger partial charge in [-0.15, -0.1) is 0 Å². The fourth-order valence-corrected chi connectivity index (χ4v) is 4.56. The number of nitrogens with zero attached hydrogens (tertiary/aromatic N) is 1. The van der Waals surface area contributed by atoms with E-state index in [1.807, 2.05) is 63.6 Å². The van der Waals surface area contributed by atoms with E-state index in [-0.39, 0.29) is 30.2 Å². The predicted molar refractivity (Wildman–Crippen MR) is 146 cm³/mol. The van der Waals surface area contributed by atoms with Gasteiger partial charge >= 0.3 is 0 Å². The summed E-state index contributed by atoms with van der Waals surface area (Å²) in [5, 5.41) is 7.21. The molecule has 2 amide bonds. The third-order valence-corrected chi connectivity index (χ3v) is 6.56. The highest BCUT2D eigenvalue weighted by Crippen LogP contribution is 2.31. The van der Waals surface area contributed by atoms with Crippen LogP contribution in [-0.2, 0) is 9.59 Å². The van der Waals surface area contributed by atoms with Gasteiger partial charge in [0, 0.05) is 56.3 Å². The molecule has 1 aromatic heterocycles. The largest absolute Gasteiger partial charge is 0.378 e. The second-order valence-corrected chi connectivity index (χ2v) is 9.50. The Morgan fingerprint density at radius 1 is 0.917 bits per heavy atom. The smallest absolute Gasteiger partial charge is 0.222 e. The first-order valence-corrected chi connectivity index (χ1v) is 12.3. The standard InChI is InChI=1S/C30H34N4O2/c1-20-9-11-23(12-10-20)29(33-21(2)35)17-30(36)32-18-26(22-13-15-24(16-14-22)34(3)4)27-19-31-28-8-6-5-7-25(27)28/h5-16,19,26,29,31H,17-18H2,1-4H3,(H,32,36)(H,33,35). The van der Waals surface area contributed by atoms with Crippen molar-refractivity contribution in [1.29, 1.82) is 0 Å². The molecule has 0 bridgehead atoms. The minimum Gasteiger partial charge on any atom is -0.378 e. The molecule has 0 saturated carbocycles. The first-order valence-electron chi connectivity index (χ1n) is 12.3. The fraction of sp³-hybridized carbons (Fsp3) is 0.267. The molecule has 0 radical (unpaired) electrons. The molecule has 186 valence electrons. The second kappa shape index (κ2) is 11.1. The lowest BCUT2D eigenvalue weighted by molar-refractivity contribution is -0.122. The van der Waals surface area contributed by atoms with Crippen LogP contribution in [0.5, 0.6) is 0 Å². The first-order chi connectivity index (χ1) is 17.3. The van der Waals surface area contributed by atoms with E-state index >= 15 is 0 Å². The maximum absolute atomic E-state index is 13.1.